The van der Waals surface area contributed by atoms with E-state index in [-0.39, 0.29) is 0 Å². The summed E-state index contributed by atoms with van der Waals surface area (Å²) in [7, 11) is 3.14. The van der Waals surface area contributed by atoms with Crippen LogP contribution < -0.4 is 9.47 Å². The van der Waals surface area contributed by atoms with Crippen LogP contribution in [0, 0.1) is 0 Å². The summed E-state index contributed by atoms with van der Waals surface area (Å²) in [6.45, 7) is 0. The number of aromatic carboxylic acids is 1. The second-order valence-electron chi connectivity index (χ2n) is 3.63. The number of hydrogen-bond acceptors (Lipinski definition) is 4. The van der Waals surface area contributed by atoms with Crippen LogP contribution in [0.4, 0.5) is 0 Å². The number of ether oxygens (including phenoxy) is 2. The SMILES string of the molecule is COc1ccc(-c2ccc(C(=O)O)s2)c(OC)c1Br. The highest BCUT2D eigenvalue weighted by Crippen LogP contribution is 2.43. The van der Waals surface area contributed by atoms with Crippen molar-refractivity contribution in [2.45, 2.75) is 0 Å². The van der Waals surface area contributed by atoms with E-state index in [2.05, 4.69) is 15.9 Å². The quantitative estimate of drug-likeness (QED) is 0.915. The predicted octanol–water partition coefficient (Wildman–Crippen LogP) is 3.89. The third kappa shape index (κ3) is 2.59. The van der Waals surface area contributed by atoms with Crippen molar-refractivity contribution in [2.24, 2.45) is 0 Å². The average molecular weight is 343 g/mol. The zero-order chi connectivity index (χ0) is 14.0. The molecule has 0 amide bonds. The van der Waals surface area contributed by atoms with E-state index in [4.69, 9.17) is 14.6 Å². The number of thiophene rings is 1. The molecule has 4 nitrogen and oxygen atoms in total. The Balaban J connectivity index is 2.55. The second kappa shape index (κ2) is 5.63. The van der Waals surface area contributed by atoms with Crippen molar-refractivity contribution in [3.8, 4) is 21.9 Å². The molecule has 2 aromatic rings. The van der Waals surface area contributed by atoms with Crippen LogP contribution in [0.1, 0.15) is 9.67 Å². The summed E-state index contributed by atoms with van der Waals surface area (Å²) in [5, 5.41) is 8.96. The van der Waals surface area contributed by atoms with Crippen LogP contribution in [-0.2, 0) is 0 Å². The maximum atomic E-state index is 10.9. The Morgan fingerprint density at radius 1 is 1.21 bits per heavy atom. The first-order chi connectivity index (χ1) is 9.08. The fourth-order valence-corrected chi connectivity index (χ4v) is 3.22. The maximum Gasteiger partial charge on any atom is 0.345 e. The van der Waals surface area contributed by atoms with Gasteiger partial charge in [-0.1, -0.05) is 0 Å². The van der Waals surface area contributed by atoms with Gasteiger partial charge in [0.1, 0.15) is 20.8 Å². The van der Waals surface area contributed by atoms with E-state index in [1.807, 2.05) is 12.1 Å². The van der Waals surface area contributed by atoms with Gasteiger partial charge in [-0.3, -0.25) is 0 Å². The van der Waals surface area contributed by atoms with Crippen molar-refractivity contribution in [2.75, 3.05) is 14.2 Å². The Hall–Kier alpha value is -1.53. The molecule has 1 aromatic heterocycles. The van der Waals surface area contributed by atoms with Crippen LogP contribution in [0.2, 0.25) is 0 Å². The number of rotatable bonds is 4. The smallest absolute Gasteiger partial charge is 0.345 e. The molecule has 0 radical (unpaired) electrons. The van der Waals surface area contributed by atoms with E-state index >= 15 is 0 Å². The summed E-state index contributed by atoms with van der Waals surface area (Å²) < 4.78 is 11.3. The van der Waals surface area contributed by atoms with Gasteiger partial charge in [0, 0.05) is 10.4 Å². The van der Waals surface area contributed by atoms with E-state index in [0.29, 0.717) is 20.8 Å². The molecule has 0 aliphatic rings. The molecule has 19 heavy (non-hydrogen) atoms. The Morgan fingerprint density at radius 3 is 2.47 bits per heavy atom. The molecule has 0 aliphatic carbocycles. The molecule has 0 fully saturated rings. The van der Waals surface area contributed by atoms with E-state index in [0.717, 1.165) is 10.4 Å². The monoisotopic (exact) mass is 342 g/mol. The van der Waals surface area contributed by atoms with Gasteiger partial charge in [-0.05, 0) is 40.2 Å². The van der Waals surface area contributed by atoms with Gasteiger partial charge in [-0.25, -0.2) is 4.79 Å². The highest BCUT2D eigenvalue weighted by molar-refractivity contribution is 9.10. The van der Waals surface area contributed by atoms with E-state index in [1.54, 1.807) is 26.4 Å². The van der Waals surface area contributed by atoms with Crippen molar-refractivity contribution >= 4 is 33.2 Å². The number of carboxylic acids is 1. The van der Waals surface area contributed by atoms with Crippen molar-refractivity contribution < 1.29 is 19.4 Å². The fraction of sp³-hybridized carbons (Fsp3) is 0.154. The third-order valence-corrected chi connectivity index (χ3v) is 4.43. The first-order valence-corrected chi connectivity index (χ1v) is 6.93. The lowest BCUT2D eigenvalue weighted by atomic mass is 10.1. The minimum atomic E-state index is -0.928. The molecule has 0 saturated carbocycles. The van der Waals surface area contributed by atoms with E-state index in [9.17, 15) is 4.79 Å². The van der Waals surface area contributed by atoms with Crippen LogP contribution in [0.15, 0.2) is 28.7 Å². The Bertz CT molecular complexity index is 621. The van der Waals surface area contributed by atoms with E-state index < -0.39 is 5.97 Å². The standard InChI is InChI=1S/C13H11BrO4S/c1-17-8-4-3-7(12(18-2)11(8)14)9-5-6-10(19-9)13(15)16/h3-6H,1-2H3,(H,15,16). The predicted molar refractivity (Wildman–Crippen MR) is 77.5 cm³/mol. The van der Waals surface area contributed by atoms with E-state index in [1.165, 1.54) is 11.3 Å². The Morgan fingerprint density at radius 2 is 1.95 bits per heavy atom. The highest BCUT2D eigenvalue weighted by atomic mass is 79.9. The molecule has 1 aromatic carbocycles. The fourth-order valence-electron chi connectivity index (χ4n) is 1.69. The highest BCUT2D eigenvalue weighted by Gasteiger charge is 2.16. The van der Waals surface area contributed by atoms with Gasteiger partial charge in [0.2, 0.25) is 0 Å². The molecule has 0 atom stereocenters. The van der Waals surface area contributed by atoms with Crippen LogP contribution in [0.3, 0.4) is 0 Å². The minimum absolute atomic E-state index is 0.295. The van der Waals surface area contributed by atoms with Gasteiger partial charge in [0.25, 0.3) is 0 Å². The first-order valence-electron chi connectivity index (χ1n) is 5.32. The summed E-state index contributed by atoms with van der Waals surface area (Å²) in [5.41, 5.74) is 0.827. The number of carbonyl (C=O) groups is 1. The number of benzene rings is 1. The van der Waals surface area contributed by atoms with Crippen LogP contribution in [0.5, 0.6) is 11.5 Å². The zero-order valence-electron chi connectivity index (χ0n) is 10.3. The van der Waals surface area contributed by atoms with Crippen LogP contribution in [-0.4, -0.2) is 25.3 Å². The molecule has 0 bridgehead atoms. The third-order valence-electron chi connectivity index (χ3n) is 2.57. The van der Waals surface area contributed by atoms with Gasteiger partial charge < -0.3 is 14.6 Å². The Labute approximate surface area is 122 Å². The lowest BCUT2D eigenvalue weighted by molar-refractivity contribution is 0.0702. The minimum Gasteiger partial charge on any atom is -0.495 e. The molecule has 0 unspecified atom stereocenters. The summed E-state index contributed by atoms with van der Waals surface area (Å²) in [6.07, 6.45) is 0. The molecule has 0 saturated heterocycles. The first kappa shape index (κ1) is 13.9. The van der Waals surface area contributed by atoms with Gasteiger partial charge in [0.15, 0.2) is 0 Å². The van der Waals surface area contributed by atoms with Crippen molar-refractivity contribution in [3.05, 3.63) is 33.6 Å². The summed E-state index contributed by atoms with van der Waals surface area (Å²) >= 11 is 4.63. The topological polar surface area (TPSA) is 55.8 Å². The lowest BCUT2D eigenvalue weighted by Gasteiger charge is -2.12. The summed E-state index contributed by atoms with van der Waals surface area (Å²) in [5.74, 6) is 0.358. The van der Waals surface area contributed by atoms with Gasteiger partial charge in [-0.2, -0.15) is 0 Å². The van der Waals surface area contributed by atoms with Crippen molar-refractivity contribution in [3.63, 3.8) is 0 Å². The molecule has 100 valence electrons. The second-order valence-corrected chi connectivity index (χ2v) is 5.51. The van der Waals surface area contributed by atoms with Gasteiger partial charge >= 0.3 is 5.97 Å². The molecule has 2 rings (SSSR count). The molecule has 0 aliphatic heterocycles. The summed E-state index contributed by atoms with van der Waals surface area (Å²) in [4.78, 5) is 12.0. The largest absolute Gasteiger partial charge is 0.495 e. The molecule has 6 heteroatoms. The number of halogens is 1. The number of methoxy groups -OCH3 is 2. The molecular weight excluding hydrogens is 332 g/mol. The van der Waals surface area contributed by atoms with Crippen molar-refractivity contribution in [1.82, 2.24) is 0 Å². The van der Waals surface area contributed by atoms with Crippen LogP contribution >= 0.6 is 27.3 Å². The normalized spacial score (nSPS) is 10.3. The van der Waals surface area contributed by atoms with Crippen molar-refractivity contribution in [1.29, 1.82) is 0 Å². The number of carboxylic acid groups (broad SMARTS) is 1. The molecule has 1 N–H and O–H groups in total. The molecule has 1 heterocycles. The Kier molecular flexibility index (Phi) is 4.11. The number of hydrogen-bond donors (Lipinski definition) is 1. The van der Waals surface area contributed by atoms with Gasteiger partial charge in [-0.15, -0.1) is 11.3 Å². The molecule has 0 spiro atoms. The molecular formula is C13H11BrO4S. The van der Waals surface area contributed by atoms with Crippen LogP contribution in [0.25, 0.3) is 10.4 Å². The van der Waals surface area contributed by atoms with Gasteiger partial charge in [0.05, 0.1) is 14.2 Å². The zero-order valence-corrected chi connectivity index (χ0v) is 12.7. The average Bonchev–Trinajstić information content (AvgIpc) is 2.87. The lowest BCUT2D eigenvalue weighted by Crippen LogP contribution is -1.92. The summed E-state index contributed by atoms with van der Waals surface area (Å²) in [6, 6.07) is 7.01. The maximum absolute atomic E-state index is 10.9.